The van der Waals surface area contributed by atoms with Gasteiger partial charge in [-0.15, -0.1) is 0 Å². The zero-order chi connectivity index (χ0) is 21.0. The van der Waals surface area contributed by atoms with E-state index in [0.717, 1.165) is 25.0 Å². The number of rotatable bonds is 6. The molecule has 29 heavy (non-hydrogen) atoms. The molecular formula is C20H22ClFN2O4S. The van der Waals surface area contributed by atoms with E-state index in [4.69, 9.17) is 16.3 Å². The van der Waals surface area contributed by atoms with Gasteiger partial charge in [0.05, 0.1) is 9.92 Å². The van der Waals surface area contributed by atoms with Gasteiger partial charge in [-0.25, -0.2) is 12.8 Å². The molecule has 1 aliphatic rings. The molecule has 1 N–H and O–H groups in total. The standard InChI is InChI=1S/C20H22ClFN2O4S/c1-14-8-10-24(11-9-14)20(25)13-28-19-7-6-17(12-18(19)21)29(26,27)23-16-4-2-15(22)3-5-16/h2-7,12,14,23H,8-11,13H2,1H3. The summed E-state index contributed by atoms with van der Waals surface area (Å²) >= 11 is 6.16. The molecule has 1 heterocycles. The zero-order valence-electron chi connectivity index (χ0n) is 15.9. The van der Waals surface area contributed by atoms with Crippen molar-refractivity contribution in [2.45, 2.75) is 24.7 Å². The number of piperidine rings is 1. The molecule has 1 amide bonds. The normalized spacial score (nSPS) is 15.2. The van der Waals surface area contributed by atoms with Crippen LogP contribution in [0.25, 0.3) is 0 Å². The Morgan fingerprint density at radius 2 is 1.86 bits per heavy atom. The van der Waals surface area contributed by atoms with E-state index in [1.165, 1.54) is 30.3 Å². The van der Waals surface area contributed by atoms with Crippen molar-refractivity contribution in [2.75, 3.05) is 24.4 Å². The quantitative estimate of drug-likeness (QED) is 0.738. The fourth-order valence-corrected chi connectivity index (χ4v) is 4.37. The highest BCUT2D eigenvalue weighted by atomic mass is 35.5. The van der Waals surface area contributed by atoms with Crippen LogP contribution in [0.15, 0.2) is 47.4 Å². The average molecular weight is 441 g/mol. The maximum Gasteiger partial charge on any atom is 0.261 e. The van der Waals surface area contributed by atoms with Gasteiger partial charge in [0.15, 0.2) is 6.61 Å². The van der Waals surface area contributed by atoms with Crippen LogP contribution in [0, 0.1) is 11.7 Å². The summed E-state index contributed by atoms with van der Waals surface area (Å²) in [5.41, 5.74) is 0.226. The summed E-state index contributed by atoms with van der Waals surface area (Å²) in [6, 6.07) is 8.93. The molecular weight excluding hydrogens is 419 g/mol. The van der Waals surface area contributed by atoms with Gasteiger partial charge in [-0.2, -0.15) is 0 Å². The van der Waals surface area contributed by atoms with Crippen LogP contribution in [-0.2, 0) is 14.8 Å². The van der Waals surface area contributed by atoms with E-state index < -0.39 is 15.8 Å². The number of carbonyl (C=O) groups excluding carboxylic acids is 1. The molecule has 0 unspecified atom stereocenters. The Kier molecular flexibility index (Phi) is 6.64. The number of likely N-dealkylation sites (tertiary alicyclic amines) is 1. The van der Waals surface area contributed by atoms with Gasteiger partial charge < -0.3 is 9.64 Å². The Labute approximate surface area is 174 Å². The number of hydrogen-bond acceptors (Lipinski definition) is 4. The molecule has 3 rings (SSSR count). The van der Waals surface area contributed by atoms with Crippen molar-refractivity contribution in [3.63, 3.8) is 0 Å². The SMILES string of the molecule is CC1CCN(C(=O)COc2ccc(S(=O)(=O)Nc3ccc(F)cc3)cc2Cl)CC1. The molecule has 2 aromatic carbocycles. The lowest BCUT2D eigenvalue weighted by Crippen LogP contribution is -2.40. The van der Waals surface area contributed by atoms with Crippen molar-refractivity contribution in [3.05, 3.63) is 53.3 Å². The zero-order valence-corrected chi connectivity index (χ0v) is 17.5. The minimum Gasteiger partial charge on any atom is -0.482 e. The summed E-state index contributed by atoms with van der Waals surface area (Å²) in [6.07, 6.45) is 1.94. The van der Waals surface area contributed by atoms with E-state index in [9.17, 15) is 17.6 Å². The minimum atomic E-state index is -3.91. The molecule has 9 heteroatoms. The van der Waals surface area contributed by atoms with Crippen molar-refractivity contribution in [3.8, 4) is 5.75 Å². The molecule has 0 atom stereocenters. The summed E-state index contributed by atoms with van der Waals surface area (Å²) in [4.78, 5) is 14.0. The van der Waals surface area contributed by atoms with Crippen molar-refractivity contribution >= 4 is 33.2 Å². The van der Waals surface area contributed by atoms with Crippen LogP contribution >= 0.6 is 11.6 Å². The summed E-state index contributed by atoms with van der Waals surface area (Å²) < 4.78 is 45.8. The Hall–Kier alpha value is -2.32. The highest BCUT2D eigenvalue weighted by molar-refractivity contribution is 7.92. The van der Waals surface area contributed by atoms with Gasteiger partial charge in [0, 0.05) is 18.8 Å². The first kappa shape index (κ1) is 21.4. The van der Waals surface area contributed by atoms with Gasteiger partial charge >= 0.3 is 0 Å². The molecule has 1 aliphatic heterocycles. The first-order valence-electron chi connectivity index (χ1n) is 9.23. The second kappa shape index (κ2) is 9.00. The second-order valence-corrected chi connectivity index (χ2v) is 9.15. The van der Waals surface area contributed by atoms with E-state index in [2.05, 4.69) is 11.6 Å². The third-order valence-electron chi connectivity index (χ3n) is 4.80. The lowest BCUT2D eigenvalue weighted by molar-refractivity contribution is -0.134. The summed E-state index contributed by atoms with van der Waals surface area (Å²) in [5.74, 6) is 0.257. The molecule has 0 aromatic heterocycles. The van der Waals surface area contributed by atoms with E-state index in [1.54, 1.807) is 4.90 Å². The Bertz CT molecular complexity index is 974. The number of halogens is 2. The van der Waals surface area contributed by atoms with Crippen molar-refractivity contribution < 1.29 is 22.3 Å². The topological polar surface area (TPSA) is 75.7 Å². The third-order valence-corrected chi connectivity index (χ3v) is 6.47. The number of hydrogen-bond donors (Lipinski definition) is 1. The molecule has 6 nitrogen and oxygen atoms in total. The van der Waals surface area contributed by atoms with E-state index in [0.29, 0.717) is 19.0 Å². The van der Waals surface area contributed by atoms with E-state index in [1.807, 2.05) is 0 Å². The maximum absolute atomic E-state index is 13.0. The predicted octanol–water partition coefficient (Wildman–Crippen LogP) is 3.92. The van der Waals surface area contributed by atoms with Crippen molar-refractivity contribution in [1.29, 1.82) is 0 Å². The van der Waals surface area contributed by atoms with Gasteiger partial charge in [0.25, 0.3) is 15.9 Å². The molecule has 0 bridgehead atoms. The number of amides is 1. The van der Waals surface area contributed by atoms with Gasteiger partial charge in [0.1, 0.15) is 11.6 Å². The number of nitrogens with zero attached hydrogens (tertiary/aromatic N) is 1. The van der Waals surface area contributed by atoms with Crippen LogP contribution in [0.4, 0.5) is 10.1 Å². The monoisotopic (exact) mass is 440 g/mol. The smallest absolute Gasteiger partial charge is 0.261 e. The van der Waals surface area contributed by atoms with Gasteiger partial charge in [-0.05, 0) is 61.2 Å². The third kappa shape index (κ3) is 5.61. The Morgan fingerprint density at radius 3 is 2.48 bits per heavy atom. The Balaban J connectivity index is 1.63. The lowest BCUT2D eigenvalue weighted by atomic mass is 9.99. The molecule has 2 aromatic rings. The minimum absolute atomic E-state index is 0.0736. The predicted molar refractivity (Wildman–Crippen MR) is 109 cm³/mol. The van der Waals surface area contributed by atoms with Crippen molar-refractivity contribution in [1.82, 2.24) is 4.90 Å². The maximum atomic E-state index is 13.0. The highest BCUT2D eigenvalue weighted by Crippen LogP contribution is 2.28. The fraction of sp³-hybridized carbons (Fsp3) is 0.350. The summed E-state index contributed by atoms with van der Waals surface area (Å²) in [6.45, 7) is 3.43. The van der Waals surface area contributed by atoms with Crippen molar-refractivity contribution in [2.24, 2.45) is 5.92 Å². The lowest BCUT2D eigenvalue weighted by Gasteiger charge is -2.30. The fourth-order valence-electron chi connectivity index (χ4n) is 2.99. The van der Waals surface area contributed by atoms with Gasteiger partial charge in [-0.3, -0.25) is 9.52 Å². The second-order valence-electron chi connectivity index (χ2n) is 7.06. The molecule has 1 fully saturated rings. The molecule has 0 saturated carbocycles. The average Bonchev–Trinajstić information content (AvgIpc) is 2.69. The molecule has 1 saturated heterocycles. The van der Waals surface area contributed by atoms with Crippen LogP contribution in [0.3, 0.4) is 0 Å². The number of anilines is 1. The summed E-state index contributed by atoms with van der Waals surface area (Å²) in [7, 11) is -3.91. The number of sulfonamides is 1. The highest BCUT2D eigenvalue weighted by Gasteiger charge is 2.21. The molecule has 0 radical (unpaired) electrons. The Morgan fingerprint density at radius 1 is 1.21 bits per heavy atom. The number of ether oxygens (including phenoxy) is 1. The van der Waals surface area contributed by atoms with Crippen LogP contribution in [0.1, 0.15) is 19.8 Å². The van der Waals surface area contributed by atoms with Gasteiger partial charge in [-0.1, -0.05) is 18.5 Å². The first-order chi connectivity index (χ1) is 13.7. The molecule has 0 spiro atoms. The van der Waals surface area contributed by atoms with E-state index in [-0.39, 0.29) is 33.9 Å². The van der Waals surface area contributed by atoms with Crippen LogP contribution < -0.4 is 9.46 Å². The first-order valence-corrected chi connectivity index (χ1v) is 11.1. The van der Waals surface area contributed by atoms with Crippen LogP contribution in [0.2, 0.25) is 5.02 Å². The molecule has 0 aliphatic carbocycles. The van der Waals surface area contributed by atoms with E-state index >= 15 is 0 Å². The largest absolute Gasteiger partial charge is 0.482 e. The number of nitrogens with one attached hydrogen (secondary N) is 1. The number of benzene rings is 2. The summed E-state index contributed by atoms with van der Waals surface area (Å²) in [5, 5.41) is 0.0760. The number of carbonyl (C=O) groups is 1. The van der Waals surface area contributed by atoms with Gasteiger partial charge in [0.2, 0.25) is 0 Å². The molecule has 156 valence electrons. The van der Waals surface area contributed by atoms with Crippen LogP contribution in [0.5, 0.6) is 5.75 Å². The van der Waals surface area contributed by atoms with Crippen LogP contribution in [-0.4, -0.2) is 38.9 Å².